The van der Waals surface area contributed by atoms with Crippen molar-refractivity contribution in [3.8, 4) is 17.6 Å². The number of hydrogen-bond acceptors (Lipinski definition) is 1. The normalized spacial score (nSPS) is 9.90. The van der Waals surface area contributed by atoms with E-state index in [0.717, 1.165) is 11.1 Å². The van der Waals surface area contributed by atoms with E-state index in [2.05, 4.69) is 11.8 Å². The van der Waals surface area contributed by atoms with Crippen molar-refractivity contribution >= 4 is 11.6 Å². The molecule has 1 nitrogen and oxygen atoms in total. The van der Waals surface area contributed by atoms with E-state index in [1.807, 2.05) is 0 Å². The maximum atomic E-state index is 13.7. The van der Waals surface area contributed by atoms with E-state index in [9.17, 15) is 8.78 Å². The topological polar surface area (TPSA) is 9.23 Å². The Hall–Kier alpha value is -2.05. The minimum absolute atomic E-state index is 0.111. The third kappa shape index (κ3) is 4.21. The highest BCUT2D eigenvalue weighted by molar-refractivity contribution is 6.19. The fraction of sp³-hybridized carbons (Fsp3) is 0.176. The third-order valence-electron chi connectivity index (χ3n) is 2.92. The van der Waals surface area contributed by atoms with Crippen LogP contribution in [0.4, 0.5) is 8.78 Å². The van der Waals surface area contributed by atoms with Crippen LogP contribution >= 0.6 is 11.6 Å². The molecule has 0 saturated carbocycles. The van der Waals surface area contributed by atoms with Crippen molar-refractivity contribution in [1.29, 1.82) is 0 Å². The average molecular weight is 307 g/mol. The van der Waals surface area contributed by atoms with E-state index in [4.69, 9.17) is 16.3 Å². The van der Waals surface area contributed by atoms with Gasteiger partial charge in [-0.1, -0.05) is 17.9 Å². The molecule has 0 unspecified atom stereocenters. The molecule has 0 aromatic heterocycles. The Bertz CT molecular complexity index is 702. The van der Waals surface area contributed by atoms with Crippen molar-refractivity contribution in [3.05, 3.63) is 64.7 Å². The molecule has 21 heavy (non-hydrogen) atoms. The van der Waals surface area contributed by atoms with E-state index < -0.39 is 5.82 Å². The van der Waals surface area contributed by atoms with Crippen LogP contribution in [0.25, 0.3) is 0 Å². The zero-order chi connectivity index (χ0) is 15.2. The molecule has 0 amide bonds. The molecule has 0 N–H and O–H groups in total. The van der Waals surface area contributed by atoms with Crippen LogP contribution in [-0.4, -0.2) is 5.88 Å². The van der Waals surface area contributed by atoms with Gasteiger partial charge in [-0.15, -0.1) is 11.6 Å². The lowest BCUT2D eigenvalue weighted by Crippen LogP contribution is -2.00. The van der Waals surface area contributed by atoms with Gasteiger partial charge in [0.15, 0.2) is 11.6 Å². The van der Waals surface area contributed by atoms with Crippen LogP contribution in [0.2, 0.25) is 0 Å². The van der Waals surface area contributed by atoms with Gasteiger partial charge in [-0.2, -0.15) is 0 Å². The predicted molar refractivity (Wildman–Crippen MR) is 79.5 cm³/mol. The third-order valence-corrected chi connectivity index (χ3v) is 3.05. The van der Waals surface area contributed by atoms with Crippen molar-refractivity contribution in [2.75, 3.05) is 5.88 Å². The number of hydrogen-bond donors (Lipinski definition) is 0. The van der Waals surface area contributed by atoms with E-state index in [1.54, 1.807) is 19.1 Å². The first-order valence-electron chi connectivity index (χ1n) is 6.32. The fourth-order valence-corrected chi connectivity index (χ4v) is 1.87. The van der Waals surface area contributed by atoms with Crippen LogP contribution in [0.5, 0.6) is 5.75 Å². The first-order valence-corrected chi connectivity index (χ1v) is 6.86. The molecule has 0 saturated heterocycles. The standard InChI is InChI=1S/C17H13ClF2O/c1-12-9-15(19)6-5-14(12)11-21-17-10-13(3-2-8-18)4-7-16(17)20/h4-7,9-10H,8,11H2,1H3. The zero-order valence-corrected chi connectivity index (χ0v) is 12.2. The van der Waals surface area contributed by atoms with Crippen molar-refractivity contribution < 1.29 is 13.5 Å². The predicted octanol–water partition coefficient (Wildman–Crippen LogP) is 4.44. The van der Waals surface area contributed by atoms with Gasteiger partial charge >= 0.3 is 0 Å². The number of aryl methyl sites for hydroxylation is 1. The number of benzene rings is 2. The van der Waals surface area contributed by atoms with Crippen molar-refractivity contribution in [2.24, 2.45) is 0 Å². The zero-order valence-electron chi connectivity index (χ0n) is 11.4. The molecule has 0 aliphatic carbocycles. The van der Waals surface area contributed by atoms with Crippen LogP contribution in [-0.2, 0) is 6.61 Å². The van der Waals surface area contributed by atoms with Gasteiger partial charge in [0.2, 0.25) is 0 Å². The van der Waals surface area contributed by atoms with Gasteiger partial charge in [-0.25, -0.2) is 8.78 Å². The Morgan fingerprint density at radius 3 is 2.67 bits per heavy atom. The number of halogens is 3. The minimum atomic E-state index is -0.466. The molecule has 0 atom stereocenters. The molecule has 0 radical (unpaired) electrons. The van der Waals surface area contributed by atoms with E-state index >= 15 is 0 Å². The monoisotopic (exact) mass is 306 g/mol. The summed E-state index contributed by atoms with van der Waals surface area (Å²) in [5.74, 6) is 5.05. The van der Waals surface area contributed by atoms with Gasteiger partial charge in [0.05, 0.1) is 5.88 Å². The van der Waals surface area contributed by atoms with Crippen molar-refractivity contribution in [2.45, 2.75) is 13.5 Å². The molecule has 0 spiro atoms. The van der Waals surface area contributed by atoms with Crippen LogP contribution in [0.15, 0.2) is 36.4 Å². The van der Waals surface area contributed by atoms with Gasteiger partial charge in [0.1, 0.15) is 12.4 Å². The lowest BCUT2D eigenvalue weighted by atomic mass is 10.1. The Kier molecular flexibility index (Phi) is 5.19. The van der Waals surface area contributed by atoms with Gasteiger partial charge in [-0.05, 0) is 48.4 Å². The summed E-state index contributed by atoms with van der Waals surface area (Å²) in [6.07, 6.45) is 0. The molecule has 2 aromatic carbocycles. The molecular weight excluding hydrogens is 294 g/mol. The molecule has 2 aromatic rings. The maximum absolute atomic E-state index is 13.7. The second kappa shape index (κ2) is 7.10. The molecule has 4 heteroatoms. The quantitative estimate of drug-likeness (QED) is 0.601. The fourth-order valence-electron chi connectivity index (χ4n) is 1.80. The van der Waals surface area contributed by atoms with Crippen LogP contribution in [0.3, 0.4) is 0 Å². The summed E-state index contributed by atoms with van der Waals surface area (Å²) in [7, 11) is 0. The summed E-state index contributed by atoms with van der Waals surface area (Å²) in [6, 6.07) is 8.77. The lowest BCUT2D eigenvalue weighted by molar-refractivity contribution is 0.289. The van der Waals surface area contributed by atoms with Gasteiger partial charge < -0.3 is 4.74 Å². The Balaban J connectivity index is 2.15. The second-order valence-corrected chi connectivity index (χ2v) is 4.71. The van der Waals surface area contributed by atoms with Crippen molar-refractivity contribution in [3.63, 3.8) is 0 Å². The minimum Gasteiger partial charge on any atom is -0.486 e. The highest BCUT2D eigenvalue weighted by Gasteiger charge is 2.06. The summed E-state index contributed by atoms with van der Waals surface area (Å²) in [5.41, 5.74) is 2.18. The SMILES string of the molecule is Cc1cc(F)ccc1COc1cc(C#CCCl)ccc1F. The molecule has 0 bridgehead atoms. The maximum Gasteiger partial charge on any atom is 0.165 e. The molecule has 2 rings (SSSR count). The molecule has 0 heterocycles. The summed E-state index contributed by atoms with van der Waals surface area (Å²) in [4.78, 5) is 0. The molecule has 0 aliphatic rings. The van der Waals surface area contributed by atoms with Gasteiger partial charge in [-0.3, -0.25) is 0 Å². The summed E-state index contributed by atoms with van der Waals surface area (Å²) in [5, 5.41) is 0. The summed E-state index contributed by atoms with van der Waals surface area (Å²) >= 11 is 5.48. The van der Waals surface area contributed by atoms with Crippen LogP contribution < -0.4 is 4.74 Å². The highest BCUT2D eigenvalue weighted by atomic mass is 35.5. The van der Waals surface area contributed by atoms with Crippen LogP contribution in [0.1, 0.15) is 16.7 Å². The first-order chi connectivity index (χ1) is 10.1. The second-order valence-electron chi connectivity index (χ2n) is 4.44. The highest BCUT2D eigenvalue weighted by Crippen LogP contribution is 2.21. The van der Waals surface area contributed by atoms with E-state index in [-0.39, 0.29) is 24.1 Å². The van der Waals surface area contributed by atoms with Gasteiger partial charge in [0.25, 0.3) is 0 Å². The van der Waals surface area contributed by atoms with Crippen LogP contribution in [0, 0.1) is 30.4 Å². The Labute approximate surface area is 127 Å². The Morgan fingerprint density at radius 1 is 1.14 bits per heavy atom. The van der Waals surface area contributed by atoms with E-state index in [1.165, 1.54) is 24.3 Å². The summed E-state index contributed by atoms with van der Waals surface area (Å²) in [6.45, 7) is 1.94. The molecule has 108 valence electrons. The first kappa shape index (κ1) is 15.3. The molecule has 0 aliphatic heterocycles. The Morgan fingerprint density at radius 2 is 1.95 bits per heavy atom. The van der Waals surface area contributed by atoms with E-state index in [0.29, 0.717) is 5.56 Å². The summed E-state index contributed by atoms with van der Waals surface area (Å²) < 4.78 is 32.2. The van der Waals surface area contributed by atoms with Gasteiger partial charge in [0, 0.05) is 5.56 Å². The molecular formula is C17H13ClF2O. The lowest BCUT2D eigenvalue weighted by Gasteiger charge is -2.10. The number of ether oxygens (including phenoxy) is 1. The number of alkyl halides is 1. The largest absolute Gasteiger partial charge is 0.486 e. The average Bonchev–Trinajstić information content (AvgIpc) is 2.46. The number of rotatable bonds is 3. The molecule has 0 fully saturated rings. The smallest absolute Gasteiger partial charge is 0.165 e. The van der Waals surface area contributed by atoms with Crippen molar-refractivity contribution in [1.82, 2.24) is 0 Å².